The van der Waals surface area contributed by atoms with Crippen molar-refractivity contribution >= 4 is 10.0 Å². The third-order valence-electron chi connectivity index (χ3n) is 5.84. The number of ether oxygens (including phenoxy) is 1. The fourth-order valence-electron chi connectivity index (χ4n) is 4.30. The SMILES string of the molecule is NC1CC(N2CC3=C(C2)CN(S(=O)(=O)C(F)(F)F)C3)COC1c1cc(F)ccc1F. The molecule has 1 aromatic carbocycles. The standard InChI is InChI=1S/C18H20F5N3O3S/c19-12-1-2-15(20)14(3-12)17-16(24)4-13(9-29-17)25-5-10-7-26(8-11(10)6-25)30(27,28)18(21,22)23/h1-3,13,16-17H,4-9,24H2. The van der Waals surface area contributed by atoms with Crippen LogP contribution in [0.25, 0.3) is 0 Å². The van der Waals surface area contributed by atoms with Gasteiger partial charge in [-0.05, 0) is 35.8 Å². The van der Waals surface area contributed by atoms with E-state index in [0.29, 0.717) is 35.0 Å². The van der Waals surface area contributed by atoms with Gasteiger partial charge in [0.05, 0.1) is 6.61 Å². The van der Waals surface area contributed by atoms with Crippen LogP contribution < -0.4 is 5.73 Å². The van der Waals surface area contributed by atoms with E-state index in [1.54, 1.807) is 0 Å². The van der Waals surface area contributed by atoms with Gasteiger partial charge in [0, 0.05) is 43.8 Å². The first-order valence-corrected chi connectivity index (χ1v) is 10.7. The van der Waals surface area contributed by atoms with Gasteiger partial charge in [-0.2, -0.15) is 17.5 Å². The largest absolute Gasteiger partial charge is 0.511 e. The molecular formula is C18H20F5N3O3S. The number of benzene rings is 1. The van der Waals surface area contributed by atoms with Crippen LogP contribution in [-0.2, 0) is 14.8 Å². The Labute approximate surface area is 170 Å². The van der Waals surface area contributed by atoms with Gasteiger partial charge in [-0.25, -0.2) is 17.2 Å². The maximum atomic E-state index is 14.0. The smallest absolute Gasteiger partial charge is 0.370 e. The summed E-state index contributed by atoms with van der Waals surface area (Å²) in [6.45, 7) is 0.256. The Morgan fingerprint density at radius 1 is 1.07 bits per heavy atom. The second kappa shape index (κ2) is 7.52. The molecule has 0 radical (unpaired) electrons. The molecule has 0 bridgehead atoms. The van der Waals surface area contributed by atoms with Crippen molar-refractivity contribution in [3.05, 3.63) is 46.5 Å². The van der Waals surface area contributed by atoms with Crippen LogP contribution in [0.15, 0.2) is 29.3 Å². The molecule has 3 aliphatic rings. The Balaban J connectivity index is 1.37. The van der Waals surface area contributed by atoms with Crippen LogP contribution in [0.5, 0.6) is 0 Å². The highest BCUT2D eigenvalue weighted by Gasteiger charge is 2.52. The zero-order valence-electron chi connectivity index (χ0n) is 15.7. The Bertz CT molecular complexity index is 964. The van der Waals surface area contributed by atoms with Crippen LogP contribution in [0, 0.1) is 11.6 Å². The molecule has 6 nitrogen and oxygen atoms in total. The normalized spacial score (nSPS) is 28.9. The van der Waals surface area contributed by atoms with E-state index in [1.807, 2.05) is 4.90 Å². The minimum Gasteiger partial charge on any atom is -0.370 e. The van der Waals surface area contributed by atoms with Crippen molar-refractivity contribution in [3.8, 4) is 0 Å². The van der Waals surface area contributed by atoms with Crippen LogP contribution in [0.4, 0.5) is 22.0 Å². The zero-order valence-corrected chi connectivity index (χ0v) is 16.5. The predicted octanol–water partition coefficient (Wildman–Crippen LogP) is 1.90. The summed E-state index contributed by atoms with van der Waals surface area (Å²) >= 11 is 0. The van der Waals surface area contributed by atoms with Gasteiger partial charge in [0.15, 0.2) is 0 Å². The maximum Gasteiger partial charge on any atom is 0.511 e. The van der Waals surface area contributed by atoms with Crippen molar-refractivity contribution in [1.29, 1.82) is 0 Å². The van der Waals surface area contributed by atoms with Crippen LogP contribution in [0.3, 0.4) is 0 Å². The molecule has 0 amide bonds. The topological polar surface area (TPSA) is 75.9 Å². The molecule has 3 unspecified atom stereocenters. The fraction of sp³-hybridized carbons (Fsp3) is 0.556. The molecule has 166 valence electrons. The molecule has 3 aliphatic heterocycles. The molecule has 1 fully saturated rings. The molecule has 0 aliphatic carbocycles. The summed E-state index contributed by atoms with van der Waals surface area (Å²) in [4.78, 5) is 1.97. The van der Waals surface area contributed by atoms with Crippen LogP contribution >= 0.6 is 0 Å². The second-order valence-electron chi connectivity index (χ2n) is 7.80. The summed E-state index contributed by atoms with van der Waals surface area (Å²) in [5.41, 5.74) is 2.19. The number of hydrogen-bond acceptors (Lipinski definition) is 5. The van der Waals surface area contributed by atoms with E-state index < -0.39 is 39.3 Å². The van der Waals surface area contributed by atoms with Crippen LogP contribution in [0.2, 0.25) is 0 Å². The van der Waals surface area contributed by atoms with Gasteiger partial charge < -0.3 is 10.5 Å². The number of sulfonamides is 1. The Kier molecular flexibility index (Phi) is 5.42. The van der Waals surface area contributed by atoms with Gasteiger partial charge in [-0.3, -0.25) is 4.90 Å². The quantitative estimate of drug-likeness (QED) is 0.559. The third kappa shape index (κ3) is 3.75. The highest BCUT2D eigenvalue weighted by molar-refractivity contribution is 7.90. The Hall–Kier alpha value is -1.60. The van der Waals surface area contributed by atoms with E-state index in [0.717, 1.165) is 18.2 Å². The number of nitrogens with zero attached hydrogens (tertiary/aromatic N) is 2. The molecular weight excluding hydrogens is 433 g/mol. The van der Waals surface area contributed by atoms with Crippen molar-refractivity contribution in [2.24, 2.45) is 5.73 Å². The molecule has 0 aromatic heterocycles. The number of alkyl halides is 3. The Morgan fingerprint density at radius 2 is 1.70 bits per heavy atom. The predicted molar refractivity (Wildman–Crippen MR) is 96.6 cm³/mol. The molecule has 3 heterocycles. The number of rotatable bonds is 3. The van der Waals surface area contributed by atoms with Gasteiger partial charge in [0.1, 0.15) is 17.7 Å². The monoisotopic (exact) mass is 453 g/mol. The van der Waals surface area contributed by atoms with E-state index in [2.05, 4.69) is 0 Å². The number of halogens is 5. The molecule has 0 spiro atoms. The van der Waals surface area contributed by atoms with Crippen molar-refractivity contribution < 1.29 is 35.1 Å². The highest BCUT2D eigenvalue weighted by atomic mass is 32.2. The van der Waals surface area contributed by atoms with Crippen molar-refractivity contribution in [2.45, 2.75) is 30.1 Å². The average Bonchev–Trinajstić information content (AvgIpc) is 3.22. The minimum absolute atomic E-state index is 0.0518. The summed E-state index contributed by atoms with van der Waals surface area (Å²) in [7, 11) is -5.35. The van der Waals surface area contributed by atoms with E-state index >= 15 is 0 Å². The fourth-order valence-corrected chi connectivity index (χ4v) is 5.25. The van der Waals surface area contributed by atoms with Gasteiger partial charge in [-0.15, -0.1) is 0 Å². The van der Waals surface area contributed by atoms with E-state index in [1.165, 1.54) is 0 Å². The molecule has 1 saturated heterocycles. The summed E-state index contributed by atoms with van der Waals surface area (Å²) < 4.78 is 95.2. The first kappa shape index (κ1) is 21.6. The van der Waals surface area contributed by atoms with Gasteiger partial charge in [-0.1, -0.05) is 0 Å². The molecule has 4 rings (SSSR count). The third-order valence-corrected chi connectivity index (χ3v) is 7.36. The first-order valence-electron chi connectivity index (χ1n) is 9.29. The number of nitrogens with two attached hydrogens (primary N) is 1. The second-order valence-corrected chi connectivity index (χ2v) is 9.73. The molecule has 12 heteroatoms. The van der Waals surface area contributed by atoms with E-state index in [9.17, 15) is 30.4 Å². The molecule has 2 N–H and O–H groups in total. The molecule has 3 atom stereocenters. The molecule has 0 saturated carbocycles. The summed E-state index contributed by atoms with van der Waals surface area (Å²) in [5.74, 6) is -1.20. The lowest BCUT2D eigenvalue weighted by molar-refractivity contribution is -0.0493. The lowest BCUT2D eigenvalue weighted by Gasteiger charge is -2.39. The van der Waals surface area contributed by atoms with Gasteiger partial charge in [0.25, 0.3) is 0 Å². The average molecular weight is 453 g/mol. The first-order chi connectivity index (χ1) is 14.0. The van der Waals surface area contributed by atoms with E-state index in [-0.39, 0.29) is 31.3 Å². The summed E-state index contributed by atoms with van der Waals surface area (Å²) in [6, 6.07) is 2.32. The zero-order chi connectivity index (χ0) is 21.8. The van der Waals surface area contributed by atoms with Crippen molar-refractivity contribution in [1.82, 2.24) is 9.21 Å². The highest BCUT2D eigenvalue weighted by Crippen LogP contribution is 2.37. The minimum atomic E-state index is -5.35. The maximum absolute atomic E-state index is 14.0. The Morgan fingerprint density at radius 3 is 2.27 bits per heavy atom. The van der Waals surface area contributed by atoms with Crippen LogP contribution in [-0.4, -0.2) is 68.0 Å². The number of hydrogen-bond donors (Lipinski definition) is 1. The molecule has 30 heavy (non-hydrogen) atoms. The van der Waals surface area contributed by atoms with E-state index in [4.69, 9.17) is 10.5 Å². The van der Waals surface area contributed by atoms with Crippen molar-refractivity contribution in [3.63, 3.8) is 0 Å². The van der Waals surface area contributed by atoms with Gasteiger partial charge in [0.2, 0.25) is 0 Å². The van der Waals surface area contributed by atoms with Crippen molar-refractivity contribution in [2.75, 3.05) is 32.8 Å². The lowest BCUT2D eigenvalue weighted by atomic mass is 9.93. The molecule has 1 aromatic rings. The summed E-state index contributed by atoms with van der Waals surface area (Å²) in [5, 5.41) is 0. The van der Waals surface area contributed by atoms with Crippen LogP contribution in [0.1, 0.15) is 18.1 Å². The lowest BCUT2D eigenvalue weighted by Crippen LogP contribution is -2.50. The summed E-state index contributed by atoms with van der Waals surface area (Å²) in [6.07, 6.45) is -0.377. The van der Waals surface area contributed by atoms with Gasteiger partial charge >= 0.3 is 15.5 Å².